The van der Waals surface area contributed by atoms with Crippen molar-refractivity contribution in [2.24, 2.45) is 0 Å². The zero-order valence-corrected chi connectivity index (χ0v) is 10.6. The van der Waals surface area contributed by atoms with E-state index in [2.05, 4.69) is 0 Å². The molecule has 98 valence electrons. The maximum atomic E-state index is 12.1. The Morgan fingerprint density at radius 3 is 2.95 bits per heavy atom. The van der Waals surface area contributed by atoms with Gasteiger partial charge in [0, 0.05) is 24.6 Å². The molecule has 4 heteroatoms. The molecule has 0 bridgehead atoms. The number of aryl methyl sites for hydroxylation is 1. The zero-order chi connectivity index (χ0) is 13.4. The molecule has 0 fully saturated rings. The molecular weight excluding hydrogens is 242 g/mol. The number of carbonyl (C=O) groups excluding carboxylic acids is 1. The van der Waals surface area contributed by atoms with Crippen LogP contribution in [-0.2, 0) is 17.6 Å². The second-order valence-corrected chi connectivity index (χ2v) is 4.93. The van der Waals surface area contributed by atoms with E-state index < -0.39 is 5.97 Å². The molecule has 1 aliphatic carbocycles. The van der Waals surface area contributed by atoms with Gasteiger partial charge >= 0.3 is 5.97 Å². The molecule has 1 aliphatic rings. The third kappa shape index (κ3) is 1.93. The van der Waals surface area contributed by atoms with Gasteiger partial charge in [-0.25, -0.2) is 0 Å². The van der Waals surface area contributed by atoms with Crippen molar-refractivity contribution in [3.8, 4) is 0 Å². The van der Waals surface area contributed by atoms with Crippen LogP contribution in [0.25, 0.3) is 5.52 Å². The largest absolute Gasteiger partial charge is 0.481 e. The first-order valence-corrected chi connectivity index (χ1v) is 6.54. The minimum Gasteiger partial charge on any atom is -0.481 e. The molecule has 0 aliphatic heterocycles. The van der Waals surface area contributed by atoms with Crippen molar-refractivity contribution in [2.45, 2.75) is 32.1 Å². The Morgan fingerprint density at radius 1 is 1.32 bits per heavy atom. The lowest BCUT2D eigenvalue weighted by atomic mass is 9.92. The van der Waals surface area contributed by atoms with Crippen molar-refractivity contribution in [1.29, 1.82) is 0 Å². The van der Waals surface area contributed by atoms with E-state index in [4.69, 9.17) is 5.11 Å². The van der Waals surface area contributed by atoms with Crippen molar-refractivity contribution in [3.63, 3.8) is 0 Å². The van der Waals surface area contributed by atoms with Gasteiger partial charge in [-0.3, -0.25) is 9.59 Å². The molecule has 19 heavy (non-hydrogen) atoms. The topological polar surface area (TPSA) is 58.8 Å². The van der Waals surface area contributed by atoms with E-state index in [-0.39, 0.29) is 12.2 Å². The van der Waals surface area contributed by atoms with E-state index in [9.17, 15) is 9.59 Å². The standard InChI is InChI=1S/C15H15NO3/c17-13-6-3-4-11-10(7-8-14(18)19)12-5-1-2-9-16(12)15(11)13/h1-2,5,9H,3-4,6-8H2,(H,18,19). The molecule has 0 saturated heterocycles. The summed E-state index contributed by atoms with van der Waals surface area (Å²) in [6.07, 6.45) is 4.81. The van der Waals surface area contributed by atoms with Crippen LogP contribution < -0.4 is 0 Å². The number of hydrogen-bond acceptors (Lipinski definition) is 2. The Hall–Kier alpha value is -2.10. The molecule has 0 amide bonds. The van der Waals surface area contributed by atoms with Crippen LogP contribution in [0.1, 0.15) is 40.9 Å². The molecule has 2 aromatic heterocycles. The second kappa shape index (κ2) is 4.53. The van der Waals surface area contributed by atoms with Crippen molar-refractivity contribution in [2.75, 3.05) is 0 Å². The number of carboxylic acids is 1. The predicted octanol–water partition coefficient (Wildman–Crippen LogP) is 2.48. The molecule has 0 aromatic carbocycles. The quantitative estimate of drug-likeness (QED) is 0.919. The maximum absolute atomic E-state index is 12.1. The first-order valence-electron chi connectivity index (χ1n) is 6.54. The summed E-state index contributed by atoms with van der Waals surface area (Å²) in [5.41, 5.74) is 3.83. The molecule has 1 N–H and O–H groups in total. The van der Waals surface area contributed by atoms with Crippen molar-refractivity contribution in [1.82, 2.24) is 4.40 Å². The molecule has 4 nitrogen and oxygen atoms in total. The Morgan fingerprint density at radius 2 is 2.16 bits per heavy atom. The number of aromatic nitrogens is 1. The summed E-state index contributed by atoms with van der Waals surface area (Å²) < 4.78 is 1.92. The van der Waals surface area contributed by atoms with Gasteiger partial charge in [0.1, 0.15) is 0 Å². The number of rotatable bonds is 3. The molecule has 0 atom stereocenters. The van der Waals surface area contributed by atoms with E-state index >= 15 is 0 Å². The van der Waals surface area contributed by atoms with Gasteiger partial charge in [0.15, 0.2) is 5.78 Å². The lowest BCUT2D eigenvalue weighted by molar-refractivity contribution is -0.136. The highest BCUT2D eigenvalue weighted by molar-refractivity contribution is 5.99. The van der Waals surface area contributed by atoms with Crippen LogP contribution in [0.4, 0.5) is 0 Å². The van der Waals surface area contributed by atoms with E-state index in [1.165, 1.54) is 0 Å². The average Bonchev–Trinajstić information content (AvgIpc) is 2.71. The molecule has 0 saturated carbocycles. The molecule has 0 unspecified atom stereocenters. The van der Waals surface area contributed by atoms with E-state index in [1.807, 2.05) is 28.8 Å². The highest BCUT2D eigenvalue weighted by Gasteiger charge is 2.25. The molecule has 0 radical (unpaired) electrons. The number of carboxylic acid groups (broad SMARTS) is 1. The van der Waals surface area contributed by atoms with Gasteiger partial charge < -0.3 is 9.51 Å². The first-order chi connectivity index (χ1) is 9.18. The normalized spacial score (nSPS) is 14.6. The molecular formula is C15H15NO3. The summed E-state index contributed by atoms with van der Waals surface area (Å²) in [6.45, 7) is 0. The number of ketones is 1. The van der Waals surface area contributed by atoms with Crippen molar-refractivity contribution >= 4 is 17.3 Å². The summed E-state index contributed by atoms with van der Waals surface area (Å²) >= 11 is 0. The number of aliphatic carboxylic acids is 1. The number of nitrogens with zero attached hydrogens (tertiary/aromatic N) is 1. The first kappa shape index (κ1) is 12.0. The Bertz CT molecular complexity index is 669. The molecule has 2 aromatic rings. The fourth-order valence-corrected chi connectivity index (χ4v) is 2.95. The summed E-state index contributed by atoms with van der Waals surface area (Å²) in [6, 6.07) is 5.79. The monoisotopic (exact) mass is 257 g/mol. The van der Waals surface area contributed by atoms with Crippen molar-refractivity contribution in [3.05, 3.63) is 41.2 Å². The van der Waals surface area contributed by atoms with E-state index in [0.717, 1.165) is 35.2 Å². The third-order valence-corrected chi connectivity index (χ3v) is 3.74. The maximum Gasteiger partial charge on any atom is 0.303 e. The highest BCUT2D eigenvalue weighted by atomic mass is 16.4. The predicted molar refractivity (Wildman–Crippen MR) is 70.6 cm³/mol. The van der Waals surface area contributed by atoms with Crippen LogP contribution in [0.5, 0.6) is 0 Å². The molecule has 3 rings (SSSR count). The van der Waals surface area contributed by atoms with Gasteiger partial charge in [-0.05, 0) is 42.5 Å². The second-order valence-electron chi connectivity index (χ2n) is 4.93. The summed E-state index contributed by atoms with van der Waals surface area (Å²) in [7, 11) is 0. The molecule has 2 heterocycles. The minimum absolute atomic E-state index is 0.106. The van der Waals surface area contributed by atoms with Crippen LogP contribution >= 0.6 is 0 Å². The number of carbonyl (C=O) groups is 2. The zero-order valence-electron chi connectivity index (χ0n) is 10.6. The smallest absolute Gasteiger partial charge is 0.303 e. The number of fused-ring (bicyclic) bond motifs is 3. The summed E-state index contributed by atoms with van der Waals surface area (Å²) in [5, 5.41) is 8.87. The number of hydrogen-bond donors (Lipinski definition) is 1. The lowest BCUT2D eigenvalue weighted by Gasteiger charge is -2.12. The SMILES string of the molecule is O=C(O)CCc1c2c(n3ccccc13)C(=O)CCC2. The van der Waals surface area contributed by atoms with E-state index in [1.54, 1.807) is 0 Å². The van der Waals surface area contributed by atoms with Crippen LogP contribution in [0.15, 0.2) is 24.4 Å². The van der Waals surface area contributed by atoms with Gasteiger partial charge in [0.2, 0.25) is 0 Å². The molecule has 0 spiro atoms. The minimum atomic E-state index is -0.800. The lowest BCUT2D eigenvalue weighted by Crippen LogP contribution is -2.12. The number of pyridine rings is 1. The Labute approximate surface area is 110 Å². The van der Waals surface area contributed by atoms with Crippen molar-refractivity contribution < 1.29 is 14.7 Å². The van der Waals surface area contributed by atoms with Crippen LogP contribution in [0, 0.1) is 0 Å². The average molecular weight is 257 g/mol. The Kier molecular flexibility index (Phi) is 2.85. The van der Waals surface area contributed by atoms with E-state index in [0.29, 0.717) is 12.8 Å². The van der Waals surface area contributed by atoms with Gasteiger partial charge in [-0.15, -0.1) is 0 Å². The Balaban J connectivity index is 2.19. The van der Waals surface area contributed by atoms with Crippen LogP contribution in [0.2, 0.25) is 0 Å². The van der Waals surface area contributed by atoms with Gasteiger partial charge in [-0.1, -0.05) is 6.07 Å². The fourth-order valence-electron chi connectivity index (χ4n) is 2.95. The third-order valence-electron chi connectivity index (χ3n) is 3.74. The fraction of sp³-hybridized carbons (Fsp3) is 0.333. The number of Topliss-reactive ketones (excluding diaryl/α,β-unsaturated/α-hetero) is 1. The highest BCUT2D eigenvalue weighted by Crippen LogP contribution is 2.31. The summed E-state index contributed by atoms with van der Waals surface area (Å²) in [4.78, 5) is 22.9. The van der Waals surface area contributed by atoms with Gasteiger partial charge in [0.25, 0.3) is 0 Å². The van der Waals surface area contributed by atoms with Gasteiger partial charge in [0.05, 0.1) is 5.69 Å². The van der Waals surface area contributed by atoms with Gasteiger partial charge in [-0.2, -0.15) is 0 Å². The van der Waals surface area contributed by atoms with Crippen LogP contribution in [0.3, 0.4) is 0 Å². The summed E-state index contributed by atoms with van der Waals surface area (Å²) in [5.74, 6) is -0.629. The van der Waals surface area contributed by atoms with Crippen LogP contribution in [-0.4, -0.2) is 21.3 Å².